The highest BCUT2D eigenvalue weighted by atomic mass is 16.5. The van der Waals surface area contributed by atoms with Crippen molar-refractivity contribution in [3.63, 3.8) is 0 Å². The monoisotopic (exact) mass is 176 g/mol. The molecule has 0 saturated carbocycles. The molecule has 68 valence electrons. The van der Waals surface area contributed by atoms with E-state index in [0.29, 0.717) is 6.61 Å². The van der Waals surface area contributed by atoms with Crippen LogP contribution in [0.2, 0.25) is 0 Å². The zero-order valence-electron chi connectivity index (χ0n) is 7.36. The van der Waals surface area contributed by atoms with Gasteiger partial charge in [-0.15, -0.1) is 0 Å². The Balaban J connectivity index is 2.01. The fourth-order valence-corrected chi connectivity index (χ4v) is 1.22. The maximum Gasteiger partial charge on any atom is 0.127 e. The third kappa shape index (κ3) is 2.29. The first kappa shape index (κ1) is 8.26. The van der Waals surface area contributed by atoms with Crippen molar-refractivity contribution in [1.82, 2.24) is 0 Å². The number of benzene rings is 1. The highest BCUT2D eigenvalue weighted by Crippen LogP contribution is 2.05. The SMILES string of the molecule is c1ccc(NC2=NCCOC2)cc1. The molecule has 3 heteroatoms. The lowest BCUT2D eigenvalue weighted by atomic mass is 10.3. The molecule has 0 unspecified atom stereocenters. The largest absolute Gasteiger partial charge is 0.372 e. The van der Waals surface area contributed by atoms with Crippen LogP contribution in [0.5, 0.6) is 0 Å². The summed E-state index contributed by atoms with van der Waals surface area (Å²) < 4.78 is 5.26. The molecule has 0 saturated heterocycles. The normalized spacial score (nSPS) is 16.5. The van der Waals surface area contributed by atoms with Crippen LogP contribution in [0, 0.1) is 0 Å². The lowest BCUT2D eigenvalue weighted by molar-refractivity contribution is 0.171. The van der Waals surface area contributed by atoms with Crippen LogP contribution in [0.4, 0.5) is 5.69 Å². The molecule has 0 aliphatic carbocycles. The van der Waals surface area contributed by atoms with Crippen molar-refractivity contribution in [2.24, 2.45) is 4.99 Å². The molecule has 1 aromatic carbocycles. The molecule has 13 heavy (non-hydrogen) atoms. The first-order valence-electron chi connectivity index (χ1n) is 4.38. The molecule has 0 spiro atoms. The lowest BCUT2D eigenvalue weighted by Gasteiger charge is -2.14. The Bertz CT molecular complexity index is 295. The van der Waals surface area contributed by atoms with Crippen molar-refractivity contribution in [2.45, 2.75) is 0 Å². The van der Waals surface area contributed by atoms with Gasteiger partial charge in [0, 0.05) is 5.69 Å². The van der Waals surface area contributed by atoms with Crippen molar-refractivity contribution in [3.05, 3.63) is 30.3 Å². The van der Waals surface area contributed by atoms with Gasteiger partial charge in [-0.05, 0) is 12.1 Å². The average Bonchev–Trinajstić information content (AvgIpc) is 2.21. The minimum absolute atomic E-state index is 0.592. The van der Waals surface area contributed by atoms with Crippen molar-refractivity contribution >= 4 is 11.5 Å². The summed E-state index contributed by atoms with van der Waals surface area (Å²) in [6.07, 6.45) is 0. The van der Waals surface area contributed by atoms with E-state index in [1.54, 1.807) is 0 Å². The molecule has 1 aliphatic rings. The van der Waals surface area contributed by atoms with E-state index in [0.717, 1.165) is 24.7 Å². The predicted octanol–water partition coefficient (Wildman–Crippen LogP) is 1.53. The molecular formula is C10H12N2O. The smallest absolute Gasteiger partial charge is 0.127 e. The van der Waals surface area contributed by atoms with Gasteiger partial charge in [-0.1, -0.05) is 18.2 Å². The minimum Gasteiger partial charge on any atom is -0.372 e. The summed E-state index contributed by atoms with van der Waals surface area (Å²) in [5.41, 5.74) is 1.06. The van der Waals surface area contributed by atoms with Crippen molar-refractivity contribution in [3.8, 4) is 0 Å². The Morgan fingerprint density at radius 3 is 2.77 bits per heavy atom. The average molecular weight is 176 g/mol. The molecule has 0 amide bonds. The number of aliphatic imine (C=N–C) groups is 1. The highest BCUT2D eigenvalue weighted by molar-refractivity contribution is 5.96. The Labute approximate surface area is 77.4 Å². The molecule has 1 heterocycles. The van der Waals surface area contributed by atoms with E-state index in [1.807, 2.05) is 30.3 Å². The third-order valence-corrected chi connectivity index (χ3v) is 1.84. The number of nitrogens with zero attached hydrogens (tertiary/aromatic N) is 1. The van der Waals surface area contributed by atoms with Crippen LogP contribution in [0.3, 0.4) is 0 Å². The van der Waals surface area contributed by atoms with Crippen LogP contribution in [0.15, 0.2) is 35.3 Å². The van der Waals surface area contributed by atoms with E-state index in [4.69, 9.17) is 4.74 Å². The highest BCUT2D eigenvalue weighted by Gasteiger charge is 2.04. The van der Waals surface area contributed by atoms with Crippen LogP contribution in [0.25, 0.3) is 0 Å². The van der Waals surface area contributed by atoms with Crippen LogP contribution in [0.1, 0.15) is 0 Å². The summed E-state index contributed by atoms with van der Waals surface area (Å²) >= 11 is 0. The topological polar surface area (TPSA) is 33.6 Å². The fraction of sp³-hybridized carbons (Fsp3) is 0.300. The first-order chi connectivity index (χ1) is 6.45. The van der Waals surface area contributed by atoms with Crippen molar-refractivity contribution < 1.29 is 4.74 Å². The Morgan fingerprint density at radius 2 is 2.08 bits per heavy atom. The number of para-hydroxylation sites is 1. The molecule has 0 bridgehead atoms. The van der Waals surface area contributed by atoms with E-state index in [2.05, 4.69) is 10.3 Å². The zero-order chi connectivity index (χ0) is 8.93. The number of hydrogen-bond donors (Lipinski definition) is 1. The summed E-state index contributed by atoms with van der Waals surface area (Å²) in [5.74, 6) is 0.914. The number of hydrogen-bond acceptors (Lipinski definition) is 3. The number of rotatable bonds is 1. The maximum atomic E-state index is 5.26. The molecule has 0 fully saturated rings. The number of ether oxygens (including phenoxy) is 1. The lowest BCUT2D eigenvalue weighted by Crippen LogP contribution is -2.24. The van der Waals surface area contributed by atoms with Crippen molar-refractivity contribution in [2.75, 3.05) is 25.1 Å². The number of amidine groups is 1. The molecule has 2 rings (SSSR count). The number of anilines is 1. The van der Waals surface area contributed by atoms with Crippen LogP contribution < -0.4 is 5.32 Å². The first-order valence-corrected chi connectivity index (χ1v) is 4.38. The van der Waals surface area contributed by atoms with Gasteiger partial charge in [0.2, 0.25) is 0 Å². The third-order valence-electron chi connectivity index (χ3n) is 1.84. The maximum absolute atomic E-state index is 5.26. The molecule has 0 radical (unpaired) electrons. The van der Waals surface area contributed by atoms with Gasteiger partial charge in [-0.3, -0.25) is 4.99 Å². The van der Waals surface area contributed by atoms with E-state index >= 15 is 0 Å². The van der Waals surface area contributed by atoms with Gasteiger partial charge in [-0.25, -0.2) is 0 Å². The van der Waals surface area contributed by atoms with Gasteiger partial charge >= 0.3 is 0 Å². The minimum atomic E-state index is 0.592. The summed E-state index contributed by atoms with van der Waals surface area (Å²) in [4.78, 5) is 4.31. The van der Waals surface area contributed by atoms with Crippen LogP contribution in [-0.2, 0) is 4.74 Å². The number of nitrogens with one attached hydrogen (secondary N) is 1. The van der Waals surface area contributed by atoms with Crippen LogP contribution >= 0.6 is 0 Å². The van der Waals surface area contributed by atoms with Crippen LogP contribution in [-0.4, -0.2) is 25.6 Å². The molecule has 0 atom stereocenters. The molecule has 1 aliphatic heterocycles. The van der Waals surface area contributed by atoms with Gasteiger partial charge in [0.15, 0.2) is 0 Å². The van der Waals surface area contributed by atoms with E-state index in [9.17, 15) is 0 Å². The molecule has 3 nitrogen and oxygen atoms in total. The van der Waals surface area contributed by atoms with E-state index < -0.39 is 0 Å². The summed E-state index contributed by atoms with van der Waals surface area (Å²) in [6, 6.07) is 10.00. The second-order valence-corrected chi connectivity index (χ2v) is 2.87. The molecule has 1 aromatic rings. The predicted molar refractivity (Wildman–Crippen MR) is 53.2 cm³/mol. The fourth-order valence-electron chi connectivity index (χ4n) is 1.22. The Kier molecular flexibility index (Phi) is 2.57. The summed E-state index contributed by atoms with van der Waals surface area (Å²) in [5, 5.41) is 3.21. The van der Waals surface area contributed by atoms with E-state index in [1.165, 1.54) is 0 Å². The second kappa shape index (κ2) is 4.05. The Hall–Kier alpha value is -1.35. The van der Waals surface area contributed by atoms with Gasteiger partial charge in [0.1, 0.15) is 12.4 Å². The summed E-state index contributed by atoms with van der Waals surface area (Å²) in [7, 11) is 0. The van der Waals surface area contributed by atoms with E-state index in [-0.39, 0.29) is 0 Å². The quantitative estimate of drug-likeness (QED) is 0.704. The van der Waals surface area contributed by atoms with Crippen molar-refractivity contribution in [1.29, 1.82) is 0 Å². The molecular weight excluding hydrogens is 164 g/mol. The van der Waals surface area contributed by atoms with Gasteiger partial charge in [0.25, 0.3) is 0 Å². The second-order valence-electron chi connectivity index (χ2n) is 2.87. The van der Waals surface area contributed by atoms with Gasteiger partial charge < -0.3 is 10.1 Å². The molecule has 1 N–H and O–H groups in total. The zero-order valence-corrected chi connectivity index (χ0v) is 7.36. The standard InChI is InChI=1S/C10H12N2O/c1-2-4-9(5-3-1)12-10-8-13-7-6-11-10/h1-5H,6-8H2,(H,11,12). The van der Waals surface area contributed by atoms with Gasteiger partial charge in [-0.2, -0.15) is 0 Å². The summed E-state index contributed by atoms with van der Waals surface area (Å²) in [6.45, 7) is 2.09. The molecule has 0 aromatic heterocycles. The van der Waals surface area contributed by atoms with Gasteiger partial charge in [0.05, 0.1) is 13.2 Å². The Morgan fingerprint density at radius 1 is 1.23 bits per heavy atom.